The smallest absolute Gasteiger partial charge is 0.346 e. The first-order valence-corrected chi connectivity index (χ1v) is 7.24. The first-order valence-electron chi connectivity index (χ1n) is 5.27. The number of benzene rings is 1. The lowest BCUT2D eigenvalue weighted by Gasteiger charge is -2.02. The molecule has 0 saturated carbocycles. The van der Waals surface area contributed by atoms with Gasteiger partial charge >= 0.3 is 5.97 Å². The monoisotopic (exact) mass is 286 g/mol. The second-order valence-electron chi connectivity index (χ2n) is 3.60. The molecule has 0 radical (unpaired) electrons. The van der Waals surface area contributed by atoms with E-state index in [0.717, 1.165) is 11.3 Å². The Labute approximate surface area is 111 Å². The molecular formula is C12H11FO3S2. The summed E-state index contributed by atoms with van der Waals surface area (Å²) in [6, 6.07) is 4.63. The molecule has 3 nitrogen and oxygen atoms in total. The van der Waals surface area contributed by atoms with E-state index < -0.39 is 11.8 Å². The molecule has 0 bridgehead atoms. The van der Waals surface area contributed by atoms with Crippen LogP contribution >= 0.6 is 23.1 Å². The highest BCUT2D eigenvalue weighted by molar-refractivity contribution is 7.98. The van der Waals surface area contributed by atoms with Crippen molar-refractivity contribution in [1.29, 1.82) is 0 Å². The summed E-state index contributed by atoms with van der Waals surface area (Å²) in [4.78, 5) is 11.3. The molecule has 0 aliphatic heterocycles. The lowest BCUT2D eigenvalue weighted by molar-refractivity contribution is 0.0701. The Balaban J connectivity index is 2.51. The van der Waals surface area contributed by atoms with E-state index in [4.69, 9.17) is 10.2 Å². The van der Waals surface area contributed by atoms with Gasteiger partial charge in [0, 0.05) is 21.6 Å². The van der Waals surface area contributed by atoms with E-state index in [-0.39, 0.29) is 11.5 Å². The van der Waals surface area contributed by atoms with Gasteiger partial charge in [0.2, 0.25) is 0 Å². The minimum Gasteiger partial charge on any atom is -0.477 e. The number of aliphatic hydroxyl groups excluding tert-OH is 1. The summed E-state index contributed by atoms with van der Waals surface area (Å²) < 4.78 is 14.4. The van der Waals surface area contributed by atoms with Crippen LogP contribution < -0.4 is 0 Å². The molecule has 1 aromatic heterocycles. The summed E-state index contributed by atoms with van der Waals surface area (Å²) in [6.45, 7) is 0.0254. The van der Waals surface area contributed by atoms with Crippen LogP contribution in [0.15, 0.2) is 18.2 Å². The standard InChI is InChI=1S/C12H11FO3S2/c13-8-2-1-3-9-10(8)7(6-17-5-4-14)11(18-9)12(15)16/h1-3,14H,4-6H2,(H,15,16). The highest BCUT2D eigenvalue weighted by atomic mass is 32.2. The van der Waals surface area contributed by atoms with Crippen LogP contribution in [0.1, 0.15) is 15.2 Å². The van der Waals surface area contributed by atoms with Gasteiger partial charge in [-0.15, -0.1) is 11.3 Å². The van der Waals surface area contributed by atoms with Crippen molar-refractivity contribution in [3.8, 4) is 0 Å². The molecule has 6 heteroatoms. The van der Waals surface area contributed by atoms with Crippen LogP contribution in [0, 0.1) is 5.82 Å². The Hall–Kier alpha value is -1.11. The Morgan fingerprint density at radius 2 is 2.22 bits per heavy atom. The average molecular weight is 286 g/mol. The average Bonchev–Trinajstić information content (AvgIpc) is 2.70. The van der Waals surface area contributed by atoms with Crippen LogP contribution in [-0.4, -0.2) is 28.5 Å². The first kappa shape index (κ1) is 13.3. The summed E-state index contributed by atoms with van der Waals surface area (Å²) in [5, 5.41) is 18.3. The normalized spacial score (nSPS) is 11.0. The number of carboxylic acids is 1. The maximum Gasteiger partial charge on any atom is 0.346 e. The van der Waals surface area contributed by atoms with E-state index in [9.17, 15) is 9.18 Å². The van der Waals surface area contributed by atoms with E-state index in [0.29, 0.717) is 27.2 Å². The highest BCUT2D eigenvalue weighted by Gasteiger charge is 2.19. The van der Waals surface area contributed by atoms with Gasteiger partial charge in [0.05, 0.1) is 6.61 Å². The van der Waals surface area contributed by atoms with E-state index in [2.05, 4.69) is 0 Å². The van der Waals surface area contributed by atoms with Crippen LogP contribution in [0.25, 0.3) is 10.1 Å². The molecule has 0 unspecified atom stereocenters. The van der Waals surface area contributed by atoms with Gasteiger partial charge in [0.25, 0.3) is 0 Å². The lowest BCUT2D eigenvalue weighted by atomic mass is 10.1. The quantitative estimate of drug-likeness (QED) is 0.830. The maximum absolute atomic E-state index is 13.8. The summed E-state index contributed by atoms with van der Waals surface area (Å²) in [6.07, 6.45) is 0. The summed E-state index contributed by atoms with van der Waals surface area (Å²) in [5.41, 5.74) is 0.513. The number of aliphatic hydroxyl groups is 1. The van der Waals surface area contributed by atoms with Crippen LogP contribution in [0.4, 0.5) is 4.39 Å². The molecule has 18 heavy (non-hydrogen) atoms. The molecular weight excluding hydrogens is 275 g/mol. The van der Waals surface area contributed by atoms with Crippen molar-refractivity contribution in [1.82, 2.24) is 0 Å². The number of fused-ring (bicyclic) bond motifs is 1. The maximum atomic E-state index is 13.8. The Bertz CT molecular complexity index is 580. The minimum atomic E-state index is -1.03. The SMILES string of the molecule is O=C(O)c1sc2cccc(F)c2c1CSCCO. The van der Waals surface area contributed by atoms with Crippen molar-refractivity contribution >= 4 is 39.2 Å². The molecule has 0 aliphatic carbocycles. The van der Waals surface area contributed by atoms with E-state index in [1.54, 1.807) is 12.1 Å². The lowest BCUT2D eigenvalue weighted by Crippen LogP contribution is -1.98. The number of halogens is 1. The third kappa shape index (κ3) is 2.50. The number of hydrogen-bond acceptors (Lipinski definition) is 4. The highest BCUT2D eigenvalue weighted by Crippen LogP contribution is 2.35. The van der Waals surface area contributed by atoms with Gasteiger partial charge in [-0.25, -0.2) is 9.18 Å². The molecule has 0 fully saturated rings. The minimum absolute atomic E-state index is 0.0254. The Morgan fingerprint density at radius 3 is 2.89 bits per heavy atom. The summed E-state index contributed by atoms with van der Waals surface area (Å²) in [5.74, 6) is -0.528. The number of carbonyl (C=O) groups is 1. The molecule has 96 valence electrons. The molecule has 0 atom stereocenters. The van der Waals surface area contributed by atoms with Gasteiger partial charge in [0.1, 0.15) is 10.7 Å². The molecule has 0 aliphatic rings. The van der Waals surface area contributed by atoms with Crippen molar-refractivity contribution in [2.75, 3.05) is 12.4 Å². The number of rotatable bonds is 5. The van der Waals surface area contributed by atoms with Gasteiger partial charge in [0.15, 0.2) is 0 Å². The van der Waals surface area contributed by atoms with Crippen molar-refractivity contribution in [3.05, 3.63) is 34.5 Å². The molecule has 0 spiro atoms. The first-order chi connectivity index (χ1) is 8.65. The number of thiophene rings is 1. The van der Waals surface area contributed by atoms with Crippen molar-refractivity contribution in [2.45, 2.75) is 5.75 Å². The topological polar surface area (TPSA) is 57.5 Å². The van der Waals surface area contributed by atoms with E-state index in [1.165, 1.54) is 17.8 Å². The van der Waals surface area contributed by atoms with E-state index >= 15 is 0 Å². The molecule has 1 aromatic carbocycles. The summed E-state index contributed by atoms with van der Waals surface area (Å²) in [7, 11) is 0. The molecule has 2 aromatic rings. The third-order valence-electron chi connectivity index (χ3n) is 2.44. The van der Waals surface area contributed by atoms with Gasteiger partial charge in [-0.2, -0.15) is 11.8 Å². The van der Waals surface area contributed by atoms with Crippen LogP contribution in [0.2, 0.25) is 0 Å². The zero-order valence-electron chi connectivity index (χ0n) is 9.35. The van der Waals surface area contributed by atoms with Crippen LogP contribution in [-0.2, 0) is 5.75 Å². The predicted molar refractivity (Wildman–Crippen MR) is 72.0 cm³/mol. The molecule has 0 saturated heterocycles. The van der Waals surface area contributed by atoms with Crippen LogP contribution in [0.5, 0.6) is 0 Å². The second-order valence-corrected chi connectivity index (χ2v) is 5.76. The second kappa shape index (κ2) is 5.69. The number of thioether (sulfide) groups is 1. The number of hydrogen-bond donors (Lipinski definition) is 2. The van der Waals surface area contributed by atoms with E-state index in [1.807, 2.05) is 0 Å². The van der Waals surface area contributed by atoms with Gasteiger partial charge < -0.3 is 10.2 Å². The van der Waals surface area contributed by atoms with Gasteiger partial charge in [-0.3, -0.25) is 0 Å². The zero-order chi connectivity index (χ0) is 13.1. The van der Waals surface area contributed by atoms with Crippen molar-refractivity contribution < 1.29 is 19.4 Å². The number of carboxylic acid groups (broad SMARTS) is 1. The predicted octanol–water partition coefficient (Wildman–Crippen LogP) is 2.96. The van der Waals surface area contributed by atoms with Crippen LogP contribution in [0.3, 0.4) is 0 Å². The number of aromatic carboxylic acids is 1. The molecule has 0 amide bonds. The zero-order valence-corrected chi connectivity index (χ0v) is 11.0. The van der Waals surface area contributed by atoms with Crippen molar-refractivity contribution in [3.63, 3.8) is 0 Å². The van der Waals surface area contributed by atoms with Gasteiger partial charge in [-0.05, 0) is 17.7 Å². The van der Waals surface area contributed by atoms with Gasteiger partial charge in [-0.1, -0.05) is 6.07 Å². The molecule has 2 N–H and O–H groups in total. The Morgan fingerprint density at radius 1 is 1.44 bits per heavy atom. The molecule has 2 rings (SSSR count). The van der Waals surface area contributed by atoms with Crippen molar-refractivity contribution in [2.24, 2.45) is 0 Å². The fraction of sp³-hybridized carbons (Fsp3) is 0.250. The Kier molecular flexibility index (Phi) is 4.21. The summed E-state index contributed by atoms with van der Waals surface area (Å²) >= 11 is 2.48. The molecule has 1 heterocycles. The fourth-order valence-corrected chi connectivity index (χ4v) is 3.65. The largest absolute Gasteiger partial charge is 0.477 e. The fourth-order valence-electron chi connectivity index (χ4n) is 1.72. The third-order valence-corrected chi connectivity index (χ3v) is 4.59.